The number of carbonyl (C=O) groups is 1. The smallest absolute Gasteiger partial charge is 0.223 e. The number of nitrogens with one attached hydrogen (secondary N) is 1. The number of amides is 1. The summed E-state index contributed by atoms with van der Waals surface area (Å²) in [6.45, 7) is 2.26. The molecule has 2 bridgehead atoms. The van der Waals surface area contributed by atoms with E-state index in [4.69, 9.17) is 10.5 Å². The summed E-state index contributed by atoms with van der Waals surface area (Å²) < 4.78 is 5.60. The molecule has 3 N–H and O–H groups in total. The molecule has 0 spiro atoms. The van der Waals surface area contributed by atoms with Crippen LogP contribution in [0.15, 0.2) is 30.3 Å². The highest BCUT2D eigenvalue weighted by atomic mass is 35.5. The van der Waals surface area contributed by atoms with E-state index in [0.717, 1.165) is 45.4 Å². The monoisotopic (exact) mass is 392 g/mol. The van der Waals surface area contributed by atoms with E-state index in [2.05, 4.69) is 35.6 Å². The van der Waals surface area contributed by atoms with Crippen LogP contribution in [0.5, 0.6) is 0 Å². The molecule has 5 heteroatoms. The van der Waals surface area contributed by atoms with Crippen LogP contribution in [0.25, 0.3) is 0 Å². The van der Waals surface area contributed by atoms with E-state index in [9.17, 15) is 4.79 Å². The zero-order valence-corrected chi connectivity index (χ0v) is 16.9. The van der Waals surface area contributed by atoms with E-state index in [-0.39, 0.29) is 29.6 Å². The Morgan fingerprint density at radius 2 is 1.74 bits per heavy atom. The summed E-state index contributed by atoms with van der Waals surface area (Å²) in [5, 5.41) is 3.33. The van der Waals surface area contributed by atoms with Gasteiger partial charge in [0.2, 0.25) is 5.91 Å². The van der Waals surface area contributed by atoms with Crippen molar-refractivity contribution in [3.63, 3.8) is 0 Å². The van der Waals surface area contributed by atoms with Gasteiger partial charge in [-0.25, -0.2) is 0 Å². The fourth-order valence-corrected chi connectivity index (χ4v) is 5.53. The first-order chi connectivity index (χ1) is 12.7. The zero-order valence-electron chi connectivity index (χ0n) is 16.1. The van der Waals surface area contributed by atoms with Gasteiger partial charge < -0.3 is 15.8 Å². The van der Waals surface area contributed by atoms with Crippen molar-refractivity contribution in [3.8, 4) is 0 Å². The second-order valence-electron chi connectivity index (χ2n) is 8.67. The fraction of sp³-hybridized carbons (Fsp3) is 0.682. The van der Waals surface area contributed by atoms with Crippen LogP contribution in [0.4, 0.5) is 0 Å². The summed E-state index contributed by atoms with van der Waals surface area (Å²) in [7, 11) is 0. The summed E-state index contributed by atoms with van der Waals surface area (Å²) in [6, 6.07) is 11.0. The lowest BCUT2D eigenvalue weighted by atomic mass is 9.65. The molecule has 4 rings (SSSR count). The molecular formula is C22H33ClN2O2. The number of rotatable bonds is 4. The van der Waals surface area contributed by atoms with Crippen molar-refractivity contribution >= 4 is 18.3 Å². The highest BCUT2D eigenvalue weighted by Gasteiger charge is 2.41. The number of benzene rings is 1. The van der Waals surface area contributed by atoms with Gasteiger partial charge in [0.05, 0.1) is 0 Å². The second kappa shape index (κ2) is 8.93. The third-order valence-corrected chi connectivity index (χ3v) is 7.22. The summed E-state index contributed by atoms with van der Waals surface area (Å²) >= 11 is 0. The lowest BCUT2D eigenvalue weighted by Gasteiger charge is -2.44. The maximum atomic E-state index is 13.0. The van der Waals surface area contributed by atoms with Crippen LogP contribution in [0.1, 0.15) is 50.5 Å². The molecule has 3 fully saturated rings. The van der Waals surface area contributed by atoms with Gasteiger partial charge in [-0.15, -0.1) is 12.4 Å². The lowest BCUT2D eigenvalue weighted by molar-refractivity contribution is -0.128. The molecule has 2 atom stereocenters. The number of nitrogens with two attached hydrogens (primary N) is 1. The van der Waals surface area contributed by atoms with Gasteiger partial charge in [-0.1, -0.05) is 36.8 Å². The number of ether oxygens (including phenoxy) is 1. The molecule has 1 heterocycles. The lowest BCUT2D eigenvalue weighted by Crippen LogP contribution is -2.51. The van der Waals surface area contributed by atoms with Gasteiger partial charge in [0.15, 0.2) is 0 Å². The van der Waals surface area contributed by atoms with Crippen molar-refractivity contribution < 1.29 is 9.53 Å². The molecule has 2 aliphatic carbocycles. The fourth-order valence-electron chi connectivity index (χ4n) is 5.53. The predicted molar refractivity (Wildman–Crippen MR) is 110 cm³/mol. The minimum atomic E-state index is 0. The van der Waals surface area contributed by atoms with E-state index in [1.54, 1.807) is 0 Å². The first kappa shape index (κ1) is 20.6. The molecular weight excluding hydrogens is 360 g/mol. The molecule has 1 amide bonds. The Labute approximate surface area is 169 Å². The number of hydrogen-bond donors (Lipinski definition) is 2. The zero-order chi connectivity index (χ0) is 18.0. The Hall–Kier alpha value is -1.10. The summed E-state index contributed by atoms with van der Waals surface area (Å²) in [4.78, 5) is 13.0. The summed E-state index contributed by atoms with van der Waals surface area (Å²) in [5.41, 5.74) is 7.72. The molecule has 2 saturated carbocycles. The average molecular weight is 393 g/mol. The van der Waals surface area contributed by atoms with E-state index < -0.39 is 0 Å². The Kier molecular flexibility index (Phi) is 6.83. The first-order valence-corrected chi connectivity index (χ1v) is 10.3. The molecule has 0 aromatic heterocycles. The molecule has 27 heavy (non-hydrogen) atoms. The topological polar surface area (TPSA) is 64.4 Å². The highest BCUT2D eigenvalue weighted by molar-refractivity contribution is 5.85. The van der Waals surface area contributed by atoms with E-state index in [1.165, 1.54) is 24.8 Å². The van der Waals surface area contributed by atoms with Crippen molar-refractivity contribution in [2.24, 2.45) is 23.5 Å². The van der Waals surface area contributed by atoms with Gasteiger partial charge in [-0.3, -0.25) is 4.79 Å². The standard InChI is InChI=1S/C22H32N2O2.ClH/c23-20-16-5-4-6-17(20)14-18(13-16)21(25)24-15-22(9-11-26-12-10-22)19-7-2-1-3-8-19;/h1-3,7-8,16-18,20H,4-6,9-15,23H2,(H,24,25);1H. The van der Waals surface area contributed by atoms with Crippen molar-refractivity contribution in [3.05, 3.63) is 35.9 Å². The largest absolute Gasteiger partial charge is 0.381 e. The Bertz CT molecular complexity index is 604. The van der Waals surface area contributed by atoms with Crippen molar-refractivity contribution in [2.45, 2.75) is 56.4 Å². The quantitative estimate of drug-likeness (QED) is 0.825. The molecule has 2 unspecified atom stereocenters. The molecule has 1 aromatic carbocycles. The maximum absolute atomic E-state index is 13.0. The van der Waals surface area contributed by atoms with Gasteiger partial charge in [-0.05, 0) is 55.9 Å². The van der Waals surface area contributed by atoms with Crippen LogP contribution >= 0.6 is 12.4 Å². The van der Waals surface area contributed by atoms with Crippen molar-refractivity contribution in [1.82, 2.24) is 5.32 Å². The van der Waals surface area contributed by atoms with Crippen molar-refractivity contribution in [2.75, 3.05) is 19.8 Å². The van der Waals surface area contributed by atoms with Crippen LogP contribution in [-0.2, 0) is 14.9 Å². The Morgan fingerprint density at radius 3 is 2.37 bits per heavy atom. The SMILES string of the molecule is Cl.NC1C2CCCC1CC(C(=O)NCC1(c3ccccc3)CCOCC1)C2. The minimum Gasteiger partial charge on any atom is -0.381 e. The minimum absolute atomic E-state index is 0. The van der Waals surface area contributed by atoms with Gasteiger partial charge in [0.25, 0.3) is 0 Å². The molecule has 4 nitrogen and oxygen atoms in total. The van der Waals surface area contributed by atoms with Gasteiger partial charge in [0.1, 0.15) is 0 Å². The van der Waals surface area contributed by atoms with E-state index in [1.807, 2.05) is 0 Å². The second-order valence-corrected chi connectivity index (χ2v) is 8.67. The number of carbonyl (C=O) groups excluding carboxylic acids is 1. The summed E-state index contributed by atoms with van der Waals surface area (Å²) in [6.07, 6.45) is 7.58. The number of halogens is 1. The van der Waals surface area contributed by atoms with Crippen molar-refractivity contribution in [1.29, 1.82) is 0 Å². The first-order valence-electron chi connectivity index (χ1n) is 10.3. The number of fused-ring (bicyclic) bond motifs is 2. The van der Waals surface area contributed by atoms with Crippen LogP contribution in [0.2, 0.25) is 0 Å². The van der Waals surface area contributed by atoms with Gasteiger partial charge in [-0.2, -0.15) is 0 Å². The molecule has 150 valence electrons. The van der Waals surface area contributed by atoms with Crippen LogP contribution in [-0.4, -0.2) is 31.7 Å². The van der Waals surface area contributed by atoms with Gasteiger partial charge in [0, 0.05) is 37.1 Å². The molecule has 0 radical (unpaired) electrons. The van der Waals surface area contributed by atoms with E-state index in [0.29, 0.717) is 17.9 Å². The summed E-state index contributed by atoms with van der Waals surface area (Å²) in [5.74, 6) is 1.49. The Balaban J connectivity index is 0.00000210. The van der Waals surface area contributed by atoms with Gasteiger partial charge >= 0.3 is 0 Å². The molecule has 1 saturated heterocycles. The van der Waals surface area contributed by atoms with E-state index >= 15 is 0 Å². The van der Waals surface area contributed by atoms with Crippen LogP contribution < -0.4 is 11.1 Å². The molecule has 3 aliphatic rings. The predicted octanol–water partition coefficient (Wildman–Crippen LogP) is 3.43. The molecule has 1 aliphatic heterocycles. The van der Waals surface area contributed by atoms with Crippen LogP contribution in [0.3, 0.4) is 0 Å². The molecule has 1 aromatic rings. The maximum Gasteiger partial charge on any atom is 0.223 e. The highest BCUT2D eigenvalue weighted by Crippen LogP contribution is 2.42. The number of hydrogen-bond acceptors (Lipinski definition) is 3. The van der Waals surface area contributed by atoms with Crippen LogP contribution in [0, 0.1) is 17.8 Å². The third kappa shape index (κ3) is 4.33. The Morgan fingerprint density at radius 1 is 1.11 bits per heavy atom. The normalized spacial score (nSPS) is 32.2. The third-order valence-electron chi connectivity index (χ3n) is 7.22. The average Bonchev–Trinajstić information content (AvgIpc) is 2.67.